The Balaban J connectivity index is 2.33. The van der Waals surface area contributed by atoms with Crippen LogP contribution in [0, 0.1) is 11.6 Å². The van der Waals surface area contributed by atoms with Crippen LogP contribution in [0.5, 0.6) is 0 Å². The summed E-state index contributed by atoms with van der Waals surface area (Å²) in [4.78, 5) is 11.6. The first kappa shape index (κ1) is 14.9. The highest BCUT2D eigenvalue weighted by molar-refractivity contribution is 5.80. The van der Waals surface area contributed by atoms with Crippen molar-refractivity contribution in [3.8, 4) is 0 Å². The molecular formula is C15H19F2NO2. The Kier molecular flexibility index (Phi) is 4.38. The standard InChI is InChI=1S/C15H19F2NO2/c1-15(14(19)20,18-10-6-3-2-4-7-10)11-8-5-9-12(16)13(11)17/h5,8-10,18H,2-4,6-7H2,1H3,(H,19,20). The molecule has 2 rings (SSSR count). The van der Waals surface area contributed by atoms with Crippen LogP contribution in [-0.4, -0.2) is 17.1 Å². The highest BCUT2D eigenvalue weighted by Gasteiger charge is 2.40. The molecule has 1 atom stereocenters. The van der Waals surface area contributed by atoms with Gasteiger partial charge >= 0.3 is 5.97 Å². The molecular weight excluding hydrogens is 264 g/mol. The molecule has 0 aromatic heterocycles. The van der Waals surface area contributed by atoms with E-state index in [-0.39, 0.29) is 11.6 Å². The van der Waals surface area contributed by atoms with E-state index in [2.05, 4.69) is 5.32 Å². The molecule has 1 aliphatic carbocycles. The van der Waals surface area contributed by atoms with E-state index in [0.717, 1.165) is 38.2 Å². The summed E-state index contributed by atoms with van der Waals surface area (Å²) < 4.78 is 27.3. The number of nitrogens with one attached hydrogen (secondary N) is 1. The van der Waals surface area contributed by atoms with Crippen molar-refractivity contribution in [1.29, 1.82) is 0 Å². The second-order valence-electron chi connectivity index (χ2n) is 5.51. The maximum absolute atomic E-state index is 13.9. The lowest BCUT2D eigenvalue weighted by Gasteiger charge is -2.34. The molecule has 0 amide bonds. The molecule has 3 nitrogen and oxygen atoms in total. The second-order valence-corrected chi connectivity index (χ2v) is 5.51. The van der Waals surface area contributed by atoms with Crippen molar-refractivity contribution in [1.82, 2.24) is 5.32 Å². The number of hydrogen-bond acceptors (Lipinski definition) is 2. The van der Waals surface area contributed by atoms with Gasteiger partial charge in [-0.3, -0.25) is 5.32 Å². The maximum Gasteiger partial charge on any atom is 0.328 e. The molecule has 0 radical (unpaired) electrons. The fraction of sp³-hybridized carbons (Fsp3) is 0.533. The van der Waals surface area contributed by atoms with Gasteiger partial charge in [-0.15, -0.1) is 0 Å². The van der Waals surface area contributed by atoms with E-state index >= 15 is 0 Å². The van der Waals surface area contributed by atoms with E-state index in [1.807, 2.05) is 0 Å². The zero-order chi connectivity index (χ0) is 14.8. The molecule has 5 heteroatoms. The Morgan fingerprint density at radius 3 is 2.55 bits per heavy atom. The monoisotopic (exact) mass is 283 g/mol. The van der Waals surface area contributed by atoms with E-state index < -0.39 is 23.1 Å². The minimum atomic E-state index is -1.62. The zero-order valence-corrected chi connectivity index (χ0v) is 11.5. The number of carbonyl (C=O) groups is 1. The van der Waals surface area contributed by atoms with Gasteiger partial charge in [-0.2, -0.15) is 0 Å². The van der Waals surface area contributed by atoms with Gasteiger partial charge in [0.1, 0.15) is 5.54 Å². The van der Waals surface area contributed by atoms with Crippen molar-refractivity contribution < 1.29 is 18.7 Å². The fourth-order valence-electron chi connectivity index (χ4n) is 2.80. The number of carboxylic acids is 1. The zero-order valence-electron chi connectivity index (χ0n) is 11.5. The Morgan fingerprint density at radius 2 is 1.95 bits per heavy atom. The lowest BCUT2D eigenvalue weighted by atomic mass is 9.87. The van der Waals surface area contributed by atoms with Crippen LogP contribution in [0.25, 0.3) is 0 Å². The van der Waals surface area contributed by atoms with Crippen LogP contribution < -0.4 is 5.32 Å². The number of carboxylic acid groups (broad SMARTS) is 1. The summed E-state index contributed by atoms with van der Waals surface area (Å²) in [6.07, 6.45) is 4.91. The van der Waals surface area contributed by atoms with Crippen LogP contribution in [0.2, 0.25) is 0 Å². The van der Waals surface area contributed by atoms with Crippen LogP contribution in [-0.2, 0) is 10.3 Å². The quantitative estimate of drug-likeness (QED) is 0.892. The topological polar surface area (TPSA) is 49.3 Å². The van der Waals surface area contributed by atoms with Crippen molar-refractivity contribution in [2.75, 3.05) is 0 Å². The number of hydrogen-bond donors (Lipinski definition) is 2. The molecule has 1 aliphatic rings. The molecule has 0 aliphatic heterocycles. The van der Waals surface area contributed by atoms with E-state index in [1.54, 1.807) is 0 Å². The summed E-state index contributed by atoms with van der Waals surface area (Å²) in [5.74, 6) is -3.33. The number of halogens is 2. The largest absolute Gasteiger partial charge is 0.480 e. The van der Waals surface area contributed by atoms with E-state index in [4.69, 9.17) is 0 Å². The van der Waals surface area contributed by atoms with Gasteiger partial charge in [-0.1, -0.05) is 31.4 Å². The van der Waals surface area contributed by atoms with Crippen molar-refractivity contribution >= 4 is 5.97 Å². The molecule has 1 fully saturated rings. The smallest absolute Gasteiger partial charge is 0.328 e. The Hall–Kier alpha value is -1.49. The molecule has 1 unspecified atom stereocenters. The lowest BCUT2D eigenvalue weighted by Crippen LogP contribution is -2.52. The number of rotatable bonds is 4. The number of benzene rings is 1. The maximum atomic E-state index is 13.9. The normalized spacial score (nSPS) is 19.6. The highest BCUT2D eigenvalue weighted by atomic mass is 19.2. The van der Waals surface area contributed by atoms with Gasteiger partial charge in [-0.05, 0) is 25.8 Å². The van der Waals surface area contributed by atoms with Crippen molar-refractivity contribution in [2.24, 2.45) is 0 Å². The Bertz CT molecular complexity index is 501. The van der Waals surface area contributed by atoms with Gasteiger partial charge in [0, 0.05) is 11.6 Å². The summed E-state index contributed by atoms with van der Waals surface area (Å²) in [6, 6.07) is 3.66. The third kappa shape index (κ3) is 2.82. The Labute approximate surface area is 117 Å². The van der Waals surface area contributed by atoms with Crippen LogP contribution in [0.15, 0.2) is 18.2 Å². The minimum absolute atomic E-state index is 0.0208. The lowest BCUT2D eigenvalue weighted by molar-refractivity contribution is -0.145. The van der Waals surface area contributed by atoms with Gasteiger partial charge in [0.25, 0.3) is 0 Å². The molecule has 0 spiro atoms. The SMILES string of the molecule is CC(NC1CCCCC1)(C(=O)O)c1cccc(F)c1F. The minimum Gasteiger partial charge on any atom is -0.480 e. The van der Waals surface area contributed by atoms with Crippen molar-refractivity contribution in [3.05, 3.63) is 35.4 Å². The van der Waals surface area contributed by atoms with E-state index in [9.17, 15) is 18.7 Å². The molecule has 0 bridgehead atoms. The molecule has 1 saturated carbocycles. The molecule has 0 saturated heterocycles. The molecule has 1 aromatic carbocycles. The summed E-state index contributed by atoms with van der Waals surface area (Å²) in [5.41, 5.74) is -1.77. The summed E-state index contributed by atoms with van der Waals surface area (Å²) in [5, 5.41) is 12.5. The van der Waals surface area contributed by atoms with Gasteiger partial charge in [-0.25, -0.2) is 13.6 Å². The molecule has 20 heavy (non-hydrogen) atoms. The van der Waals surface area contributed by atoms with Crippen LogP contribution in [0.3, 0.4) is 0 Å². The average Bonchev–Trinajstić information content (AvgIpc) is 2.42. The molecule has 2 N–H and O–H groups in total. The van der Waals surface area contributed by atoms with E-state index in [0.29, 0.717) is 0 Å². The van der Waals surface area contributed by atoms with E-state index in [1.165, 1.54) is 19.1 Å². The average molecular weight is 283 g/mol. The molecule has 0 heterocycles. The van der Waals surface area contributed by atoms with Gasteiger partial charge in [0.05, 0.1) is 0 Å². The first-order valence-electron chi connectivity index (χ1n) is 6.90. The van der Waals surface area contributed by atoms with Gasteiger partial charge in [0.15, 0.2) is 11.6 Å². The predicted octanol–water partition coefficient (Wildman–Crippen LogP) is 3.19. The third-order valence-corrected chi connectivity index (χ3v) is 4.02. The second kappa shape index (κ2) is 5.87. The molecule has 110 valence electrons. The summed E-state index contributed by atoms with van der Waals surface area (Å²) >= 11 is 0. The van der Waals surface area contributed by atoms with Crippen LogP contribution in [0.1, 0.15) is 44.6 Å². The summed E-state index contributed by atoms with van der Waals surface area (Å²) in [6.45, 7) is 1.39. The van der Waals surface area contributed by atoms with Gasteiger partial charge < -0.3 is 5.11 Å². The predicted molar refractivity (Wildman–Crippen MR) is 71.4 cm³/mol. The first-order chi connectivity index (χ1) is 9.45. The van der Waals surface area contributed by atoms with Crippen molar-refractivity contribution in [3.63, 3.8) is 0 Å². The van der Waals surface area contributed by atoms with Crippen LogP contribution in [0.4, 0.5) is 8.78 Å². The third-order valence-electron chi connectivity index (χ3n) is 4.02. The molecule has 1 aromatic rings. The number of aliphatic carboxylic acids is 1. The first-order valence-corrected chi connectivity index (χ1v) is 6.90. The van der Waals surface area contributed by atoms with Crippen LogP contribution >= 0.6 is 0 Å². The summed E-state index contributed by atoms with van der Waals surface area (Å²) in [7, 11) is 0. The highest BCUT2D eigenvalue weighted by Crippen LogP contribution is 2.29. The fourth-order valence-corrected chi connectivity index (χ4v) is 2.80. The Morgan fingerprint density at radius 1 is 1.30 bits per heavy atom. The van der Waals surface area contributed by atoms with Gasteiger partial charge in [0.2, 0.25) is 0 Å². The van der Waals surface area contributed by atoms with Crippen molar-refractivity contribution in [2.45, 2.75) is 50.6 Å².